The molecule has 0 radical (unpaired) electrons. The van der Waals surface area contributed by atoms with Crippen LogP contribution in [0.1, 0.15) is 11.1 Å². The minimum atomic E-state index is -0.175. The van der Waals surface area contributed by atoms with Crippen molar-refractivity contribution in [1.82, 2.24) is 15.5 Å². The molecule has 5 heteroatoms. The van der Waals surface area contributed by atoms with Gasteiger partial charge in [0.2, 0.25) is 0 Å². The van der Waals surface area contributed by atoms with Crippen molar-refractivity contribution in [1.29, 1.82) is 0 Å². The predicted octanol–water partition coefficient (Wildman–Crippen LogP) is 3.57. The fourth-order valence-electron chi connectivity index (χ4n) is 2.05. The molecule has 0 saturated heterocycles. The number of halogens is 1. The Balaban J connectivity index is 1.65. The molecule has 0 atom stereocenters. The molecule has 0 fully saturated rings. The normalized spacial score (nSPS) is 10.8. The van der Waals surface area contributed by atoms with E-state index in [2.05, 4.69) is 21.6 Å². The Hall–Kier alpha value is -1.98. The standard InChI is InChI=1S/C15H14FN3S/c16-13-5-2-1-4-11(13)8-17-9-12-10-18-19-15(12)14-6-3-7-20-14/h1-7,10,17H,8-9H2,(H,18,19). The first-order valence-electron chi connectivity index (χ1n) is 6.35. The van der Waals surface area contributed by atoms with Gasteiger partial charge in [0.25, 0.3) is 0 Å². The smallest absolute Gasteiger partial charge is 0.127 e. The van der Waals surface area contributed by atoms with Gasteiger partial charge in [-0.2, -0.15) is 5.10 Å². The highest BCUT2D eigenvalue weighted by molar-refractivity contribution is 7.13. The van der Waals surface area contributed by atoms with Crippen LogP contribution < -0.4 is 5.32 Å². The summed E-state index contributed by atoms with van der Waals surface area (Å²) in [6.45, 7) is 1.15. The van der Waals surface area contributed by atoms with Gasteiger partial charge >= 0.3 is 0 Å². The summed E-state index contributed by atoms with van der Waals surface area (Å²) in [5.41, 5.74) is 2.79. The summed E-state index contributed by atoms with van der Waals surface area (Å²) in [5.74, 6) is -0.175. The molecule has 0 aliphatic heterocycles. The largest absolute Gasteiger partial charge is 0.308 e. The van der Waals surface area contributed by atoms with E-state index in [1.165, 1.54) is 6.07 Å². The minimum Gasteiger partial charge on any atom is -0.308 e. The molecule has 3 aromatic rings. The van der Waals surface area contributed by atoms with Crippen LogP contribution in [0, 0.1) is 5.82 Å². The molecular weight excluding hydrogens is 273 g/mol. The van der Waals surface area contributed by atoms with Crippen LogP contribution >= 0.6 is 11.3 Å². The van der Waals surface area contributed by atoms with Crippen molar-refractivity contribution in [2.45, 2.75) is 13.1 Å². The van der Waals surface area contributed by atoms with Crippen molar-refractivity contribution in [3.63, 3.8) is 0 Å². The van der Waals surface area contributed by atoms with E-state index in [1.807, 2.05) is 23.7 Å². The molecule has 2 aromatic heterocycles. The molecule has 3 rings (SSSR count). The Labute approximate surface area is 120 Å². The number of nitrogens with zero attached hydrogens (tertiary/aromatic N) is 1. The predicted molar refractivity (Wildman–Crippen MR) is 78.8 cm³/mol. The van der Waals surface area contributed by atoms with Gasteiger partial charge < -0.3 is 5.32 Å². The Morgan fingerprint density at radius 2 is 1.95 bits per heavy atom. The summed E-state index contributed by atoms with van der Waals surface area (Å²) >= 11 is 1.67. The van der Waals surface area contributed by atoms with E-state index in [9.17, 15) is 4.39 Å². The third-order valence-corrected chi connectivity index (χ3v) is 3.96. The maximum Gasteiger partial charge on any atom is 0.127 e. The van der Waals surface area contributed by atoms with Gasteiger partial charge in [-0.15, -0.1) is 11.3 Å². The molecule has 2 N–H and O–H groups in total. The van der Waals surface area contributed by atoms with Crippen LogP contribution in [0.2, 0.25) is 0 Å². The minimum absolute atomic E-state index is 0.175. The van der Waals surface area contributed by atoms with Crippen LogP contribution in [0.5, 0.6) is 0 Å². The lowest BCUT2D eigenvalue weighted by molar-refractivity contribution is 0.588. The van der Waals surface area contributed by atoms with Gasteiger partial charge in [0.1, 0.15) is 5.82 Å². The molecule has 0 spiro atoms. The molecule has 20 heavy (non-hydrogen) atoms. The maximum atomic E-state index is 13.5. The van der Waals surface area contributed by atoms with E-state index in [1.54, 1.807) is 23.5 Å². The van der Waals surface area contributed by atoms with Crippen molar-refractivity contribution in [2.75, 3.05) is 0 Å². The third-order valence-electron chi connectivity index (χ3n) is 3.07. The number of H-pyrrole nitrogens is 1. The lowest BCUT2D eigenvalue weighted by atomic mass is 10.2. The zero-order chi connectivity index (χ0) is 13.8. The second-order valence-electron chi connectivity index (χ2n) is 4.44. The molecule has 0 bridgehead atoms. The van der Waals surface area contributed by atoms with Gasteiger partial charge in [-0.25, -0.2) is 4.39 Å². The van der Waals surface area contributed by atoms with Crippen LogP contribution in [0.4, 0.5) is 4.39 Å². The lowest BCUT2D eigenvalue weighted by Crippen LogP contribution is -2.13. The summed E-state index contributed by atoms with van der Waals surface area (Å²) in [5, 5.41) is 12.4. The second-order valence-corrected chi connectivity index (χ2v) is 5.39. The van der Waals surface area contributed by atoms with Gasteiger partial charge in [0, 0.05) is 24.2 Å². The fraction of sp³-hybridized carbons (Fsp3) is 0.133. The van der Waals surface area contributed by atoms with Crippen LogP contribution in [-0.2, 0) is 13.1 Å². The molecule has 3 nitrogen and oxygen atoms in total. The number of hydrogen-bond acceptors (Lipinski definition) is 3. The molecule has 2 heterocycles. The van der Waals surface area contributed by atoms with E-state index >= 15 is 0 Å². The number of rotatable bonds is 5. The SMILES string of the molecule is Fc1ccccc1CNCc1cn[nH]c1-c1cccs1. The number of aromatic nitrogens is 2. The molecule has 0 aliphatic carbocycles. The Morgan fingerprint density at radius 1 is 1.10 bits per heavy atom. The average Bonchev–Trinajstić information content (AvgIpc) is 3.11. The van der Waals surface area contributed by atoms with E-state index in [4.69, 9.17) is 0 Å². The first kappa shape index (κ1) is 13.0. The van der Waals surface area contributed by atoms with Crippen molar-refractivity contribution < 1.29 is 4.39 Å². The summed E-state index contributed by atoms with van der Waals surface area (Å²) in [6, 6.07) is 10.9. The zero-order valence-electron chi connectivity index (χ0n) is 10.8. The quantitative estimate of drug-likeness (QED) is 0.753. The first-order valence-corrected chi connectivity index (χ1v) is 7.23. The summed E-state index contributed by atoms with van der Waals surface area (Å²) in [6.07, 6.45) is 1.81. The van der Waals surface area contributed by atoms with E-state index < -0.39 is 0 Å². The summed E-state index contributed by atoms with van der Waals surface area (Å²) in [7, 11) is 0. The first-order chi connectivity index (χ1) is 9.84. The second kappa shape index (κ2) is 5.98. The van der Waals surface area contributed by atoms with Crippen molar-refractivity contribution >= 4 is 11.3 Å². The fourth-order valence-corrected chi connectivity index (χ4v) is 2.81. The monoisotopic (exact) mass is 287 g/mol. The number of hydrogen-bond donors (Lipinski definition) is 2. The van der Waals surface area contributed by atoms with Crippen LogP contribution in [0.15, 0.2) is 48.0 Å². The molecule has 1 aromatic carbocycles. The van der Waals surface area contributed by atoms with E-state index in [-0.39, 0.29) is 5.82 Å². The van der Waals surface area contributed by atoms with Crippen molar-refractivity contribution in [2.24, 2.45) is 0 Å². The Bertz CT molecular complexity index is 676. The topological polar surface area (TPSA) is 40.7 Å². The molecule has 0 amide bonds. The number of nitrogens with one attached hydrogen (secondary N) is 2. The molecule has 0 saturated carbocycles. The third kappa shape index (κ3) is 2.79. The van der Waals surface area contributed by atoms with E-state index in [0.29, 0.717) is 18.7 Å². The Kier molecular flexibility index (Phi) is 3.90. The lowest BCUT2D eigenvalue weighted by Gasteiger charge is -2.06. The number of aromatic amines is 1. The van der Waals surface area contributed by atoms with Crippen molar-refractivity contribution in [3.05, 3.63) is 64.9 Å². The summed E-state index contributed by atoms with van der Waals surface area (Å²) in [4.78, 5) is 1.16. The highest BCUT2D eigenvalue weighted by Crippen LogP contribution is 2.25. The summed E-state index contributed by atoms with van der Waals surface area (Å²) < 4.78 is 13.5. The van der Waals surface area contributed by atoms with Gasteiger partial charge in [-0.05, 0) is 17.5 Å². The van der Waals surface area contributed by atoms with Crippen molar-refractivity contribution in [3.8, 4) is 10.6 Å². The van der Waals surface area contributed by atoms with Crippen LogP contribution in [0.25, 0.3) is 10.6 Å². The highest BCUT2D eigenvalue weighted by atomic mass is 32.1. The van der Waals surface area contributed by atoms with Crippen LogP contribution in [0.3, 0.4) is 0 Å². The molecule has 102 valence electrons. The van der Waals surface area contributed by atoms with Crippen LogP contribution in [-0.4, -0.2) is 10.2 Å². The van der Waals surface area contributed by atoms with Gasteiger partial charge in [0.05, 0.1) is 16.8 Å². The Morgan fingerprint density at radius 3 is 2.75 bits per heavy atom. The highest BCUT2D eigenvalue weighted by Gasteiger charge is 2.08. The van der Waals surface area contributed by atoms with Gasteiger partial charge in [0.15, 0.2) is 0 Å². The van der Waals surface area contributed by atoms with Gasteiger partial charge in [-0.1, -0.05) is 24.3 Å². The van der Waals surface area contributed by atoms with Gasteiger partial charge in [-0.3, -0.25) is 5.10 Å². The van der Waals surface area contributed by atoms with E-state index in [0.717, 1.165) is 16.1 Å². The molecular formula is C15H14FN3S. The number of thiophene rings is 1. The number of benzene rings is 1. The zero-order valence-corrected chi connectivity index (χ0v) is 11.6. The maximum absolute atomic E-state index is 13.5. The average molecular weight is 287 g/mol. The molecule has 0 unspecified atom stereocenters. The molecule has 0 aliphatic rings.